The molecule has 29 heavy (non-hydrogen) atoms. The summed E-state index contributed by atoms with van der Waals surface area (Å²) >= 11 is -0.183. The molecular weight excluding hydrogens is 403 g/mol. The van der Waals surface area contributed by atoms with Crippen LogP contribution in [-0.4, -0.2) is 38.2 Å². The molecule has 1 atom stereocenters. The molecule has 2 heterocycles. The van der Waals surface area contributed by atoms with Crippen LogP contribution in [0.3, 0.4) is 0 Å². The van der Waals surface area contributed by atoms with E-state index in [1.807, 2.05) is 6.07 Å². The number of aliphatic hydroxyl groups excluding tert-OH is 1. The minimum atomic E-state index is -4.36. The molecule has 1 aromatic carbocycles. The Kier molecular flexibility index (Phi) is 6.55. The fourth-order valence-corrected chi connectivity index (χ4v) is 3.01. The van der Waals surface area contributed by atoms with Crippen LogP contribution in [0.4, 0.5) is 30.6 Å². The topological polar surface area (TPSA) is 83.0 Å². The van der Waals surface area contributed by atoms with Crippen molar-refractivity contribution in [3.8, 4) is 11.4 Å². The summed E-state index contributed by atoms with van der Waals surface area (Å²) in [4.78, 5) is 13.1. The molecule has 6 nitrogen and oxygen atoms in total. The van der Waals surface area contributed by atoms with Crippen LogP contribution in [0.5, 0.6) is 0 Å². The Balaban J connectivity index is 1.92. The Bertz CT molecular complexity index is 956. The van der Waals surface area contributed by atoms with Crippen molar-refractivity contribution in [2.24, 2.45) is 0 Å². The van der Waals surface area contributed by atoms with E-state index >= 15 is 0 Å². The van der Waals surface area contributed by atoms with Gasteiger partial charge >= 0.3 is 5.51 Å². The highest BCUT2D eigenvalue weighted by molar-refractivity contribution is 8.00. The summed E-state index contributed by atoms with van der Waals surface area (Å²) in [6.07, 6.45) is 1.63. The lowest BCUT2D eigenvalue weighted by Gasteiger charge is -2.14. The molecule has 0 spiro atoms. The minimum Gasteiger partial charge on any atom is -0.394 e. The van der Waals surface area contributed by atoms with Crippen molar-refractivity contribution in [3.05, 3.63) is 54.7 Å². The average molecular weight is 421 g/mol. The van der Waals surface area contributed by atoms with Gasteiger partial charge in [-0.2, -0.15) is 18.2 Å². The van der Waals surface area contributed by atoms with Gasteiger partial charge in [0.25, 0.3) is 0 Å². The van der Waals surface area contributed by atoms with Crippen LogP contribution in [0.2, 0.25) is 0 Å². The highest BCUT2D eigenvalue weighted by atomic mass is 32.2. The molecule has 0 unspecified atom stereocenters. The number of nitrogens with one attached hydrogen (secondary N) is 2. The number of rotatable bonds is 7. The van der Waals surface area contributed by atoms with Crippen molar-refractivity contribution in [3.63, 3.8) is 0 Å². The fraction of sp³-hybridized carbons (Fsp3) is 0.211. The van der Waals surface area contributed by atoms with Crippen molar-refractivity contribution in [2.45, 2.75) is 23.4 Å². The van der Waals surface area contributed by atoms with Crippen LogP contribution in [0, 0.1) is 0 Å². The van der Waals surface area contributed by atoms with Gasteiger partial charge < -0.3 is 15.7 Å². The smallest absolute Gasteiger partial charge is 0.394 e. The van der Waals surface area contributed by atoms with Crippen LogP contribution < -0.4 is 10.6 Å². The molecule has 10 heteroatoms. The highest BCUT2D eigenvalue weighted by Crippen LogP contribution is 2.37. The zero-order valence-corrected chi connectivity index (χ0v) is 16.1. The Morgan fingerprint density at radius 1 is 1.07 bits per heavy atom. The van der Waals surface area contributed by atoms with Gasteiger partial charge in [-0.1, -0.05) is 12.1 Å². The van der Waals surface area contributed by atoms with Gasteiger partial charge in [-0.25, -0.2) is 4.98 Å². The number of thioether (sulfide) groups is 1. The second-order valence-corrected chi connectivity index (χ2v) is 7.24. The predicted molar refractivity (Wildman–Crippen MR) is 107 cm³/mol. The Morgan fingerprint density at radius 3 is 2.59 bits per heavy atom. The first-order chi connectivity index (χ1) is 13.8. The number of nitrogens with zero attached hydrogens (tertiary/aromatic N) is 3. The Hall–Kier alpha value is -2.85. The summed E-state index contributed by atoms with van der Waals surface area (Å²) in [6, 6.07) is 12.7. The van der Waals surface area contributed by atoms with Gasteiger partial charge in [-0.15, -0.1) is 0 Å². The molecular formula is C19H18F3N5OS. The van der Waals surface area contributed by atoms with E-state index in [0.29, 0.717) is 22.9 Å². The lowest BCUT2D eigenvalue weighted by molar-refractivity contribution is -0.0328. The Labute approximate surface area is 169 Å². The summed E-state index contributed by atoms with van der Waals surface area (Å²) in [5.41, 5.74) is -2.78. The van der Waals surface area contributed by atoms with Crippen molar-refractivity contribution in [1.82, 2.24) is 15.0 Å². The summed E-state index contributed by atoms with van der Waals surface area (Å²) in [7, 11) is 0. The molecule has 0 fully saturated rings. The molecule has 0 bridgehead atoms. The van der Waals surface area contributed by atoms with Gasteiger partial charge in [0.15, 0.2) is 0 Å². The average Bonchev–Trinajstić information content (AvgIpc) is 2.67. The maximum Gasteiger partial charge on any atom is 0.446 e. The lowest BCUT2D eigenvalue weighted by Crippen LogP contribution is -2.21. The summed E-state index contributed by atoms with van der Waals surface area (Å²) in [5, 5.41) is 15.3. The molecule has 3 rings (SSSR count). The number of aliphatic hydroxyl groups is 1. The number of anilines is 3. The number of benzene rings is 1. The van der Waals surface area contributed by atoms with Gasteiger partial charge in [-0.3, -0.25) is 4.98 Å². The molecule has 152 valence electrons. The maximum atomic E-state index is 12.6. The van der Waals surface area contributed by atoms with E-state index < -0.39 is 5.51 Å². The zero-order chi connectivity index (χ0) is 20.9. The molecule has 3 N–H and O–H groups in total. The largest absolute Gasteiger partial charge is 0.446 e. The van der Waals surface area contributed by atoms with E-state index in [4.69, 9.17) is 0 Å². The fourth-order valence-electron chi connectivity index (χ4n) is 2.41. The first-order valence-electron chi connectivity index (χ1n) is 8.63. The van der Waals surface area contributed by atoms with Gasteiger partial charge in [0, 0.05) is 28.9 Å². The molecule has 0 aliphatic rings. The number of pyridine rings is 1. The van der Waals surface area contributed by atoms with E-state index in [9.17, 15) is 18.3 Å². The van der Waals surface area contributed by atoms with Crippen LogP contribution in [0.15, 0.2) is 59.6 Å². The number of hydrogen-bond donors (Lipinski definition) is 3. The molecule has 0 saturated heterocycles. The first kappa shape index (κ1) is 20.9. The first-order valence-corrected chi connectivity index (χ1v) is 9.45. The van der Waals surface area contributed by atoms with Crippen LogP contribution in [0.1, 0.15) is 6.92 Å². The highest BCUT2D eigenvalue weighted by Gasteiger charge is 2.29. The second-order valence-electron chi connectivity index (χ2n) is 6.11. The molecule has 2 aromatic heterocycles. The van der Waals surface area contributed by atoms with Gasteiger partial charge in [0.05, 0.1) is 18.0 Å². The maximum absolute atomic E-state index is 12.6. The van der Waals surface area contributed by atoms with Crippen LogP contribution in [-0.2, 0) is 0 Å². The Morgan fingerprint density at radius 2 is 1.90 bits per heavy atom. The lowest BCUT2D eigenvalue weighted by atomic mass is 10.2. The van der Waals surface area contributed by atoms with Crippen molar-refractivity contribution >= 4 is 29.2 Å². The van der Waals surface area contributed by atoms with E-state index in [2.05, 4.69) is 25.6 Å². The predicted octanol–water partition coefficient (Wildman–Crippen LogP) is 4.69. The van der Waals surface area contributed by atoms with Gasteiger partial charge in [0.2, 0.25) is 5.95 Å². The molecule has 0 aliphatic carbocycles. The van der Waals surface area contributed by atoms with Crippen LogP contribution in [0.25, 0.3) is 11.4 Å². The van der Waals surface area contributed by atoms with Crippen molar-refractivity contribution in [1.29, 1.82) is 0 Å². The quantitative estimate of drug-likeness (QED) is 0.478. The molecule has 0 radical (unpaired) electrons. The number of hydrogen-bond acceptors (Lipinski definition) is 7. The van der Waals surface area contributed by atoms with Gasteiger partial charge in [-0.05, 0) is 49.0 Å². The third-order valence-corrected chi connectivity index (χ3v) is 4.36. The van der Waals surface area contributed by atoms with E-state index in [-0.39, 0.29) is 35.3 Å². The molecule has 0 saturated carbocycles. The normalized spacial score (nSPS) is 12.4. The van der Waals surface area contributed by atoms with Crippen LogP contribution >= 0.6 is 11.8 Å². The summed E-state index contributed by atoms with van der Waals surface area (Å²) in [5.74, 6) is 0.639. The number of alkyl halides is 3. The third-order valence-electron chi connectivity index (χ3n) is 3.64. The zero-order valence-electron chi connectivity index (χ0n) is 15.3. The van der Waals surface area contributed by atoms with E-state index in [1.54, 1.807) is 37.4 Å². The minimum absolute atomic E-state index is 0.0637. The number of aromatic nitrogens is 3. The second kappa shape index (κ2) is 9.10. The standard InChI is InChI=1S/C19H18F3N5OS/c1-12(11-28)24-18-26-16(15-7-2-3-8-23-15)10-17(27-18)25-13-5-4-6-14(9-13)29-19(20,21)22/h2-10,12,28H,11H2,1H3,(H2,24,25,26,27)/t12-/m0/s1. The van der Waals surface area contributed by atoms with Crippen molar-refractivity contribution < 1.29 is 18.3 Å². The van der Waals surface area contributed by atoms with E-state index in [1.165, 1.54) is 18.2 Å². The van der Waals surface area contributed by atoms with E-state index in [0.717, 1.165) is 0 Å². The monoisotopic (exact) mass is 421 g/mol. The summed E-state index contributed by atoms with van der Waals surface area (Å²) in [6.45, 7) is 1.65. The summed E-state index contributed by atoms with van der Waals surface area (Å²) < 4.78 is 37.9. The van der Waals surface area contributed by atoms with Gasteiger partial charge in [0.1, 0.15) is 5.82 Å². The van der Waals surface area contributed by atoms with Crippen molar-refractivity contribution in [2.75, 3.05) is 17.2 Å². The third kappa shape index (κ3) is 6.33. The molecule has 0 aliphatic heterocycles. The molecule has 0 amide bonds. The SMILES string of the molecule is C[C@@H](CO)Nc1nc(Nc2cccc(SC(F)(F)F)c2)cc(-c2ccccn2)n1. The molecule has 3 aromatic rings. The number of halogens is 3.